The minimum atomic E-state index is -0.977. The Balaban J connectivity index is 2.03. The van der Waals surface area contributed by atoms with E-state index >= 15 is 0 Å². The molecule has 0 saturated heterocycles. The fourth-order valence-electron chi connectivity index (χ4n) is 4.46. The van der Waals surface area contributed by atoms with Crippen LogP contribution in [0, 0.1) is 11.3 Å². The topological polar surface area (TPSA) is 53.8 Å². The van der Waals surface area contributed by atoms with Gasteiger partial charge in [0.05, 0.1) is 11.8 Å². The van der Waals surface area contributed by atoms with Gasteiger partial charge in [0.1, 0.15) is 11.7 Å². The fraction of sp³-hybridized carbons (Fsp3) is 0.160. The molecule has 0 N–H and O–H groups in total. The van der Waals surface area contributed by atoms with Gasteiger partial charge in [0.2, 0.25) is 0 Å². The van der Waals surface area contributed by atoms with Crippen molar-refractivity contribution in [1.29, 1.82) is 5.26 Å². The quantitative estimate of drug-likeness (QED) is 0.616. The number of carbonyl (C=O) groups excluding carboxylic acids is 1. The van der Waals surface area contributed by atoms with Crippen molar-refractivity contribution < 1.29 is 4.79 Å². The lowest BCUT2D eigenvalue weighted by Crippen LogP contribution is -2.43. The number of allylic oxidation sites excluding steroid dienone is 2. The summed E-state index contributed by atoms with van der Waals surface area (Å²) >= 11 is 0. The van der Waals surface area contributed by atoms with Gasteiger partial charge < -0.3 is 0 Å². The molecule has 0 radical (unpaired) electrons. The van der Waals surface area contributed by atoms with Gasteiger partial charge in [0, 0.05) is 18.0 Å². The van der Waals surface area contributed by atoms with Crippen molar-refractivity contribution in [3.63, 3.8) is 0 Å². The van der Waals surface area contributed by atoms with Crippen LogP contribution in [0.5, 0.6) is 0 Å². The number of carbonyl (C=O) groups is 1. The van der Waals surface area contributed by atoms with E-state index in [9.17, 15) is 10.1 Å². The lowest BCUT2D eigenvalue weighted by atomic mass is 9.55. The molecule has 0 amide bonds. The van der Waals surface area contributed by atoms with E-state index in [4.69, 9.17) is 0 Å². The molecule has 1 aromatic heterocycles. The number of nitriles is 1. The van der Waals surface area contributed by atoms with E-state index in [-0.39, 0.29) is 11.8 Å². The number of aldehydes is 1. The molecule has 28 heavy (non-hydrogen) atoms. The van der Waals surface area contributed by atoms with E-state index in [0.29, 0.717) is 17.7 Å². The van der Waals surface area contributed by atoms with Gasteiger partial charge in [-0.05, 0) is 35.3 Å². The molecule has 0 spiro atoms. The minimum Gasteiger partial charge on any atom is -0.298 e. The van der Waals surface area contributed by atoms with E-state index in [0.717, 1.165) is 17.4 Å². The van der Waals surface area contributed by atoms with Crippen LogP contribution >= 0.6 is 0 Å². The van der Waals surface area contributed by atoms with Crippen molar-refractivity contribution in [3.05, 3.63) is 114 Å². The van der Waals surface area contributed by atoms with Crippen molar-refractivity contribution in [2.45, 2.75) is 23.7 Å². The van der Waals surface area contributed by atoms with Crippen molar-refractivity contribution in [1.82, 2.24) is 4.98 Å². The van der Waals surface area contributed by atoms with Gasteiger partial charge in [0.25, 0.3) is 0 Å². The first-order chi connectivity index (χ1) is 13.8. The molecule has 3 atom stereocenters. The smallest absolute Gasteiger partial charge is 0.146 e. The van der Waals surface area contributed by atoms with Crippen LogP contribution in [0.15, 0.2) is 96.7 Å². The van der Waals surface area contributed by atoms with Gasteiger partial charge in [-0.15, -0.1) is 0 Å². The number of pyridine rings is 1. The fourth-order valence-corrected chi connectivity index (χ4v) is 4.46. The summed E-state index contributed by atoms with van der Waals surface area (Å²) in [6.45, 7) is 0. The maximum Gasteiger partial charge on any atom is 0.146 e. The summed E-state index contributed by atoms with van der Waals surface area (Å²) in [6.07, 6.45) is 5.22. The number of aromatic nitrogens is 1. The lowest BCUT2D eigenvalue weighted by Gasteiger charge is -2.44. The van der Waals surface area contributed by atoms with Gasteiger partial charge >= 0.3 is 0 Å². The van der Waals surface area contributed by atoms with Gasteiger partial charge in [-0.25, -0.2) is 0 Å². The third kappa shape index (κ3) is 2.84. The van der Waals surface area contributed by atoms with Crippen molar-refractivity contribution in [2.75, 3.05) is 0 Å². The Bertz CT molecular complexity index is 1020. The molecule has 4 rings (SSSR count). The second kappa shape index (κ2) is 7.62. The molecule has 0 fully saturated rings. The molecule has 3 aromatic rings. The van der Waals surface area contributed by atoms with Crippen LogP contribution in [-0.2, 0) is 10.2 Å². The minimum absolute atomic E-state index is 0.109. The highest BCUT2D eigenvalue weighted by molar-refractivity contribution is 5.78. The summed E-state index contributed by atoms with van der Waals surface area (Å²) in [4.78, 5) is 16.6. The van der Waals surface area contributed by atoms with Crippen LogP contribution in [0.2, 0.25) is 0 Å². The Kier molecular flexibility index (Phi) is 4.87. The second-order valence-corrected chi connectivity index (χ2v) is 7.06. The zero-order valence-electron chi connectivity index (χ0n) is 15.4. The Morgan fingerprint density at radius 1 is 0.929 bits per heavy atom. The number of nitrogens with zero attached hydrogens (tertiary/aromatic N) is 2. The van der Waals surface area contributed by atoms with Gasteiger partial charge in [-0.1, -0.05) is 72.8 Å². The summed E-state index contributed by atoms with van der Waals surface area (Å²) < 4.78 is 0. The summed E-state index contributed by atoms with van der Waals surface area (Å²) in [5, 5.41) is 10.6. The van der Waals surface area contributed by atoms with E-state index in [1.54, 1.807) is 6.20 Å². The Morgan fingerprint density at radius 3 is 2.14 bits per heavy atom. The average molecular weight is 364 g/mol. The van der Waals surface area contributed by atoms with Gasteiger partial charge in [0.15, 0.2) is 0 Å². The molecule has 3 heteroatoms. The molecule has 0 unspecified atom stereocenters. The van der Waals surface area contributed by atoms with Crippen molar-refractivity contribution in [2.24, 2.45) is 0 Å². The molecule has 3 nitrogen and oxygen atoms in total. The van der Waals surface area contributed by atoms with Crippen molar-refractivity contribution in [3.8, 4) is 6.07 Å². The SMILES string of the molecule is N#C[C@]1(c2ccccn2)[C@H](c2ccccc2)CC=C(C=O)[C@H]1c1ccccc1. The Morgan fingerprint density at radius 2 is 1.57 bits per heavy atom. The zero-order valence-corrected chi connectivity index (χ0v) is 15.4. The maximum atomic E-state index is 12.0. The highest BCUT2D eigenvalue weighted by Gasteiger charge is 2.52. The van der Waals surface area contributed by atoms with Crippen LogP contribution in [0.1, 0.15) is 35.1 Å². The van der Waals surface area contributed by atoms with Gasteiger partial charge in [-0.2, -0.15) is 5.26 Å². The molecule has 0 aliphatic heterocycles. The first-order valence-electron chi connectivity index (χ1n) is 9.39. The van der Waals surface area contributed by atoms with E-state index in [2.05, 4.69) is 23.2 Å². The summed E-state index contributed by atoms with van der Waals surface area (Å²) in [5.41, 5.74) is 2.40. The standard InChI is InChI=1S/C25H20N2O/c26-18-25(23-13-7-8-16-27-23)22(19-9-3-1-4-10-19)15-14-21(17-28)24(25)20-11-5-2-6-12-20/h1-14,16-17,22,24H,15H2/t22-,24+,25+/m0/s1. The largest absolute Gasteiger partial charge is 0.298 e. The number of rotatable bonds is 4. The molecule has 2 aromatic carbocycles. The van der Waals surface area contributed by atoms with Gasteiger partial charge in [-0.3, -0.25) is 9.78 Å². The molecule has 0 saturated carbocycles. The van der Waals surface area contributed by atoms with Crippen LogP contribution in [0.25, 0.3) is 0 Å². The molecule has 1 aliphatic carbocycles. The number of benzene rings is 2. The third-order valence-corrected chi connectivity index (χ3v) is 5.67. The van der Waals surface area contributed by atoms with Crippen molar-refractivity contribution >= 4 is 6.29 Å². The maximum absolute atomic E-state index is 12.0. The molecule has 1 heterocycles. The highest BCUT2D eigenvalue weighted by atomic mass is 16.1. The van der Waals surface area contributed by atoms with E-state index < -0.39 is 5.41 Å². The number of hydrogen-bond donors (Lipinski definition) is 0. The molecule has 1 aliphatic rings. The molecule has 0 bridgehead atoms. The lowest BCUT2D eigenvalue weighted by molar-refractivity contribution is -0.105. The molecule has 136 valence electrons. The normalized spacial score (nSPS) is 24.0. The monoisotopic (exact) mass is 364 g/mol. The highest BCUT2D eigenvalue weighted by Crippen LogP contribution is 2.55. The van der Waals surface area contributed by atoms with Crippen LogP contribution < -0.4 is 0 Å². The average Bonchev–Trinajstić information content (AvgIpc) is 2.79. The van der Waals surface area contributed by atoms with E-state index in [1.165, 1.54) is 0 Å². The predicted octanol–water partition coefficient (Wildman–Crippen LogP) is 4.94. The Hall–Kier alpha value is -3.51. The van der Waals surface area contributed by atoms with Crippen LogP contribution in [0.4, 0.5) is 0 Å². The number of hydrogen-bond acceptors (Lipinski definition) is 3. The predicted molar refractivity (Wildman–Crippen MR) is 109 cm³/mol. The Labute approximate surface area is 165 Å². The summed E-state index contributed by atoms with van der Waals surface area (Å²) in [7, 11) is 0. The third-order valence-electron chi connectivity index (χ3n) is 5.67. The molecular weight excluding hydrogens is 344 g/mol. The second-order valence-electron chi connectivity index (χ2n) is 7.06. The molecular formula is C25H20N2O. The van der Waals surface area contributed by atoms with Crippen LogP contribution in [0.3, 0.4) is 0 Å². The van der Waals surface area contributed by atoms with Crippen LogP contribution in [-0.4, -0.2) is 11.3 Å². The summed E-state index contributed by atoms with van der Waals surface area (Å²) in [6, 6.07) is 28.2. The zero-order chi connectivity index (χ0) is 19.4. The first kappa shape index (κ1) is 17.9. The first-order valence-corrected chi connectivity index (χ1v) is 9.39. The summed E-state index contributed by atoms with van der Waals surface area (Å²) in [5.74, 6) is -0.493. The van der Waals surface area contributed by atoms with E-state index in [1.807, 2.05) is 72.8 Å².